The van der Waals surface area contributed by atoms with E-state index in [1.54, 1.807) is 22.7 Å². The first kappa shape index (κ1) is 13.5. The fraction of sp³-hybridized carbons (Fsp3) is 0.188. The van der Waals surface area contributed by atoms with Crippen molar-refractivity contribution in [2.24, 2.45) is 0 Å². The molecule has 3 aromatic rings. The van der Waals surface area contributed by atoms with Crippen molar-refractivity contribution in [1.82, 2.24) is 10.3 Å². The number of benzene rings is 1. The molecule has 0 saturated carbocycles. The lowest BCUT2D eigenvalue weighted by Gasteiger charge is -2.17. The number of thiazole rings is 1. The highest BCUT2D eigenvalue weighted by Gasteiger charge is 2.14. The minimum absolute atomic E-state index is 0.236. The maximum Gasteiger partial charge on any atom is 0.107 e. The van der Waals surface area contributed by atoms with Crippen molar-refractivity contribution in [2.75, 3.05) is 0 Å². The van der Waals surface area contributed by atoms with Gasteiger partial charge in [0.15, 0.2) is 0 Å². The SMILES string of the molecule is Cc1csc(CNC(c2ccccc2)c2cccs2)n1. The van der Waals surface area contributed by atoms with Crippen LogP contribution in [0.15, 0.2) is 53.2 Å². The Morgan fingerprint density at radius 3 is 2.60 bits per heavy atom. The normalized spacial score (nSPS) is 12.4. The maximum absolute atomic E-state index is 4.52. The van der Waals surface area contributed by atoms with Crippen LogP contribution < -0.4 is 5.32 Å². The zero-order chi connectivity index (χ0) is 13.8. The first-order chi connectivity index (χ1) is 9.83. The van der Waals surface area contributed by atoms with Gasteiger partial charge in [0.25, 0.3) is 0 Å². The summed E-state index contributed by atoms with van der Waals surface area (Å²) in [5.74, 6) is 0. The van der Waals surface area contributed by atoms with E-state index in [4.69, 9.17) is 0 Å². The molecule has 102 valence electrons. The summed E-state index contributed by atoms with van der Waals surface area (Å²) in [6.07, 6.45) is 0. The summed E-state index contributed by atoms with van der Waals surface area (Å²) in [6, 6.07) is 15.1. The number of nitrogens with one attached hydrogen (secondary N) is 1. The third-order valence-electron chi connectivity index (χ3n) is 3.08. The molecule has 20 heavy (non-hydrogen) atoms. The van der Waals surface area contributed by atoms with Gasteiger partial charge in [0, 0.05) is 22.5 Å². The number of thiophene rings is 1. The molecule has 0 fully saturated rings. The van der Waals surface area contributed by atoms with Gasteiger partial charge in [0.1, 0.15) is 5.01 Å². The van der Waals surface area contributed by atoms with Crippen LogP contribution in [0.3, 0.4) is 0 Å². The summed E-state index contributed by atoms with van der Waals surface area (Å²) in [6.45, 7) is 2.84. The molecule has 4 heteroatoms. The van der Waals surface area contributed by atoms with Crippen molar-refractivity contribution in [2.45, 2.75) is 19.5 Å². The third-order valence-corrected chi connectivity index (χ3v) is 4.99. The highest BCUT2D eigenvalue weighted by Crippen LogP contribution is 2.26. The number of hydrogen-bond donors (Lipinski definition) is 1. The molecule has 0 aliphatic carbocycles. The predicted molar refractivity (Wildman–Crippen MR) is 86.3 cm³/mol. The molecule has 1 atom stereocenters. The summed E-state index contributed by atoms with van der Waals surface area (Å²) in [5, 5.41) is 8.99. The molecule has 0 radical (unpaired) electrons. The Morgan fingerprint density at radius 2 is 1.95 bits per heavy atom. The lowest BCUT2D eigenvalue weighted by atomic mass is 10.1. The summed E-state index contributed by atoms with van der Waals surface area (Å²) in [7, 11) is 0. The maximum atomic E-state index is 4.52. The summed E-state index contributed by atoms with van der Waals surface area (Å²) in [5.41, 5.74) is 2.39. The Bertz CT molecular complexity index is 644. The minimum Gasteiger partial charge on any atom is -0.299 e. The number of aromatic nitrogens is 1. The van der Waals surface area contributed by atoms with Gasteiger partial charge in [-0.1, -0.05) is 36.4 Å². The fourth-order valence-electron chi connectivity index (χ4n) is 2.16. The highest BCUT2D eigenvalue weighted by atomic mass is 32.1. The summed E-state index contributed by atoms with van der Waals surface area (Å²) in [4.78, 5) is 5.85. The third kappa shape index (κ3) is 3.15. The lowest BCUT2D eigenvalue weighted by Crippen LogP contribution is -2.21. The van der Waals surface area contributed by atoms with Gasteiger partial charge in [-0.3, -0.25) is 5.32 Å². The lowest BCUT2D eigenvalue weighted by molar-refractivity contribution is 0.611. The molecule has 0 spiro atoms. The quantitative estimate of drug-likeness (QED) is 0.756. The van der Waals surface area contributed by atoms with Crippen LogP contribution in [0.1, 0.15) is 27.2 Å². The average Bonchev–Trinajstić information content (AvgIpc) is 3.12. The van der Waals surface area contributed by atoms with Gasteiger partial charge in [-0.2, -0.15) is 0 Å². The number of aryl methyl sites for hydroxylation is 1. The Balaban J connectivity index is 1.80. The van der Waals surface area contributed by atoms with Crippen molar-refractivity contribution >= 4 is 22.7 Å². The van der Waals surface area contributed by atoms with Gasteiger partial charge in [-0.05, 0) is 23.9 Å². The minimum atomic E-state index is 0.236. The molecule has 0 bridgehead atoms. The molecule has 0 amide bonds. The van der Waals surface area contributed by atoms with E-state index in [1.165, 1.54) is 10.4 Å². The van der Waals surface area contributed by atoms with Crippen molar-refractivity contribution in [1.29, 1.82) is 0 Å². The van der Waals surface area contributed by atoms with E-state index < -0.39 is 0 Å². The van der Waals surface area contributed by atoms with E-state index in [-0.39, 0.29) is 6.04 Å². The van der Waals surface area contributed by atoms with Crippen molar-refractivity contribution in [3.63, 3.8) is 0 Å². The van der Waals surface area contributed by atoms with Gasteiger partial charge in [-0.15, -0.1) is 22.7 Å². The molecule has 1 aromatic carbocycles. The molecule has 1 unspecified atom stereocenters. The molecule has 2 heterocycles. The molecule has 1 N–H and O–H groups in total. The zero-order valence-corrected chi connectivity index (χ0v) is 12.9. The number of rotatable bonds is 5. The second-order valence-corrected chi connectivity index (χ2v) is 6.54. The predicted octanol–water partition coefficient (Wildman–Crippen LogP) is 4.39. The van der Waals surface area contributed by atoms with Crippen LogP contribution in [0.4, 0.5) is 0 Å². The van der Waals surface area contributed by atoms with Gasteiger partial charge in [0.05, 0.1) is 6.04 Å². The van der Waals surface area contributed by atoms with Crippen LogP contribution >= 0.6 is 22.7 Å². The van der Waals surface area contributed by atoms with Crippen LogP contribution in [0.2, 0.25) is 0 Å². The average molecular weight is 300 g/mol. The molecule has 0 saturated heterocycles. The van der Waals surface area contributed by atoms with Crippen LogP contribution in [0.5, 0.6) is 0 Å². The van der Waals surface area contributed by atoms with E-state index >= 15 is 0 Å². The number of hydrogen-bond acceptors (Lipinski definition) is 4. The first-order valence-electron chi connectivity index (χ1n) is 6.55. The van der Waals surface area contributed by atoms with Crippen LogP contribution in [-0.4, -0.2) is 4.98 Å². The van der Waals surface area contributed by atoms with Gasteiger partial charge >= 0.3 is 0 Å². The van der Waals surface area contributed by atoms with E-state index in [0.717, 1.165) is 17.2 Å². The molecule has 2 aromatic heterocycles. The van der Waals surface area contributed by atoms with Crippen molar-refractivity contribution in [3.05, 3.63) is 74.4 Å². The Kier molecular flexibility index (Phi) is 4.25. The van der Waals surface area contributed by atoms with Crippen LogP contribution in [-0.2, 0) is 6.54 Å². The molecular formula is C16H16N2S2. The molecule has 0 aliphatic rings. The van der Waals surface area contributed by atoms with E-state index in [0.29, 0.717) is 0 Å². The second kappa shape index (κ2) is 6.31. The Morgan fingerprint density at radius 1 is 1.10 bits per heavy atom. The van der Waals surface area contributed by atoms with Gasteiger partial charge < -0.3 is 0 Å². The fourth-order valence-corrected chi connectivity index (χ4v) is 3.71. The molecular weight excluding hydrogens is 284 g/mol. The first-order valence-corrected chi connectivity index (χ1v) is 8.31. The Hall–Kier alpha value is -1.49. The molecule has 3 rings (SSSR count). The van der Waals surface area contributed by atoms with Crippen LogP contribution in [0, 0.1) is 6.92 Å². The molecule has 2 nitrogen and oxygen atoms in total. The van der Waals surface area contributed by atoms with Crippen LogP contribution in [0.25, 0.3) is 0 Å². The topological polar surface area (TPSA) is 24.9 Å². The smallest absolute Gasteiger partial charge is 0.107 e. The Labute approximate surface area is 127 Å². The van der Waals surface area contributed by atoms with E-state index in [2.05, 4.69) is 63.5 Å². The van der Waals surface area contributed by atoms with Gasteiger partial charge in [0.2, 0.25) is 0 Å². The van der Waals surface area contributed by atoms with Crippen molar-refractivity contribution < 1.29 is 0 Å². The monoisotopic (exact) mass is 300 g/mol. The van der Waals surface area contributed by atoms with E-state index in [1.807, 2.05) is 6.92 Å². The summed E-state index contributed by atoms with van der Waals surface area (Å²) < 4.78 is 0. The number of nitrogens with zero attached hydrogens (tertiary/aromatic N) is 1. The van der Waals surface area contributed by atoms with Crippen molar-refractivity contribution in [3.8, 4) is 0 Å². The largest absolute Gasteiger partial charge is 0.299 e. The van der Waals surface area contributed by atoms with E-state index in [9.17, 15) is 0 Å². The zero-order valence-electron chi connectivity index (χ0n) is 11.2. The summed E-state index contributed by atoms with van der Waals surface area (Å²) >= 11 is 3.50. The molecule has 0 aliphatic heterocycles. The second-order valence-electron chi connectivity index (χ2n) is 4.62. The highest BCUT2D eigenvalue weighted by molar-refractivity contribution is 7.10. The standard InChI is InChI=1S/C16H16N2S2/c1-12-11-20-15(18-12)10-17-16(14-8-5-9-19-14)13-6-3-2-4-7-13/h2-9,11,16-17H,10H2,1H3. The van der Waals surface area contributed by atoms with Gasteiger partial charge in [-0.25, -0.2) is 4.98 Å².